The number of hydrogen-bond donors (Lipinski definition) is 2. The molecule has 0 aliphatic heterocycles. The van der Waals surface area contributed by atoms with E-state index >= 15 is 0 Å². The van der Waals surface area contributed by atoms with Crippen molar-refractivity contribution < 1.29 is 14.7 Å². The number of carbonyl (C=O) groups is 2. The van der Waals surface area contributed by atoms with Gasteiger partial charge in [0, 0.05) is 19.5 Å². The molecule has 0 aliphatic rings. The molecule has 12 heavy (non-hydrogen) atoms. The zero-order valence-electron chi connectivity index (χ0n) is 7.50. The van der Waals surface area contributed by atoms with Crippen molar-refractivity contribution in [2.45, 2.75) is 13.8 Å². The van der Waals surface area contributed by atoms with Crippen molar-refractivity contribution in [1.29, 1.82) is 0 Å². The fraction of sp³-hybridized carbons (Fsp3) is 0.429. The number of hydrazine groups is 1. The Morgan fingerprint density at radius 3 is 1.58 bits per heavy atom. The molecule has 0 aromatic rings. The van der Waals surface area contributed by atoms with E-state index in [4.69, 9.17) is 10.9 Å². The summed E-state index contributed by atoms with van der Waals surface area (Å²) in [6.07, 6.45) is 0. The van der Waals surface area contributed by atoms with Gasteiger partial charge in [0.15, 0.2) is 0 Å². The molecule has 0 unspecified atom stereocenters. The number of carboxylic acids is 1. The van der Waals surface area contributed by atoms with Crippen molar-refractivity contribution in [2.24, 2.45) is 5.84 Å². The van der Waals surface area contributed by atoms with Crippen LogP contribution in [0, 0.1) is 0 Å². The van der Waals surface area contributed by atoms with Gasteiger partial charge in [-0.25, -0.2) is 10.6 Å². The fourth-order valence-corrected chi connectivity index (χ4v) is 0. The van der Waals surface area contributed by atoms with Gasteiger partial charge < -0.3 is 5.11 Å². The quantitative estimate of drug-likeness (QED) is 0.253. The Morgan fingerprint density at radius 1 is 1.42 bits per heavy atom. The molecule has 5 nitrogen and oxygen atoms in total. The first-order valence-electron chi connectivity index (χ1n) is 3.16. The summed E-state index contributed by atoms with van der Waals surface area (Å²) < 4.78 is 0. The number of nitrogens with zero attached hydrogens (tertiary/aromatic N) is 1. The van der Waals surface area contributed by atoms with Crippen LogP contribution in [0.4, 0.5) is 0 Å². The van der Waals surface area contributed by atoms with E-state index in [-0.39, 0.29) is 11.5 Å². The van der Waals surface area contributed by atoms with Crippen LogP contribution in [-0.4, -0.2) is 29.0 Å². The van der Waals surface area contributed by atoms with Gasteiger partial charge in [0.25, 0.3) is 0 Å². The number of hydrogen-bond acceptors (Lipinski definition) is 3. The van der Waals surface area contributed by atoms with Crippen LogP contribution < -0.4 is 5.84 Å². The molecular formula is C7H14N2O3. The minimum atomic E-state index is -0.935. The zero-order valence-corrected chi connectivity index (χ0v) is 7.50. The molecule has 0 bridgehead atoms. The predicted molar refractivity (Wildman–Crippen MR) is 45.1 cm³/mol. The summed E-state index contributed by atoms with van der Waals surface area (Å²) in [5.74, 6) is 3.85. The molecule has 0 heterocycles. The molecule has 3 N–H and O–H groups in total. The van der Waals surface area contributed by atoms with Crippen LogP contribution in [0.3, 0.4) is 0 Å². The van der Waals surface area contributed by atoms with E-state index in [0.29, 0.717) is 0 Å². The van der Waals surface area contributed by atoms with E-state index in [2.05, 4.69) is 6.58 Å². The lowest BCUT2D eigenvalue weighted by Crippen LogP contribution is -2.30. The second kappa shape index (κ2) is 6.36. The first-order chi connectivity index (χ1) is 5.29. The van der Waals surface area contributed by atoms with Crippen molar-refractivity contribution >= 4 is 11.9 Å². The maximum Gasteiger partial charge on any atom is 0.330 e. The number of nitrogens with two attached hydrogens (primary N) is 1. The van der Waals surface area contributed by atoms with E-state index in [1.54, 1.807) is 0 Å². The van der Waals surface area contributed by atoms with E-state index in [9.17, 15) is 9.59 Å². The molecule has 0 aromatic carbocycles. The van der Waals surface area contributed by atoms with Crippen molar-refractivity contribution in [3.05, 3.63) is 12.2 Å². The second-order valence-corrected chi connectivity index (χ2v) is 2.22. The van der Waals surface area contributed by atoms with Crippen molar-refractivity contribution in [2.75, 3.05) is 7.05 Å². The first-order valence-corrected chi connectivity index (χ1v) is 3.16. The molecule has 1 amide bonds. The summed E-state index contributed by atoms with van der Waals surface area (Å²) >= 11 is 0. The lowest BCUT2D eigenvalue weighted by molar-refractivity contribution is -0.132. The highest BCUT2D eigenvalue weighted by Crippen LogP contribution is 1.81. The molecule has 0 radical (unpaired) electrons. The van der Waals surface area contributed by atoms with Crippen molar-refractivity contribution in [3.8, 4) is 0 Å². The highest BCUT2D eigenvalue weighted by Gasteiger charge is 1.90. The molecule has 70 valence electrons. The Morgan fingerprint density at radius 2 is 1.58 bits per heavy atom. The zero-order chi connectivity index (χ0) is 10.3. The van der Waals surface area contributed by atoms with Crippen LogP contribution in [-0.2, 0) is 9.59 Å². The average Bonchev–Trinajstić information content (AvgIpc) is 1.88. The van der Waals surface area contributed by atoms with Crippen LogP contribution in [0.15, 0.2) is 12.2 Å². The summed E-state index contributed by atoms with van der Waals surface area (Å²) in [5.41, 5.74) is 0.176. The lowest BCUT2D eigenvalue weighted by atomic mass is 10.4. The van der Waals surface area contributed by atoms with Gasteiger partial charge in [0.2, 0.25) is 5.91 Å². The fourth-order valence-electron chi connectivity index (χ4n) is 0. The summed E-state index contributed by atoms with van der Waals surface area (Å²) in [4.78, 5) is 19.5. The average molecular weight is 174 g/mol. The van der Waals surface area contributed by atoms with Gasteiger partial charge in [-0.1, -0.05) is 6.58 Å². The van der Waals surface area contributed by atoms with E-state index in [1.807, 2.05) is 0 Å². The number of carbonyl (C=O) groups excluding carboxylic acids is 1. The van der Waals surface area contributed by atoms with Gasteiger partial charge in [0.1, 0.15) is 0 Å². The van der Waals surface area contributed by atoms with Gasteiger partial charge in [-0.3, -0.25) is 9.80 Å². The highest BCUT2D eigenvalue weighted by atomic mass is 16.4. The number of rotatable bonds is 1. The van der Waals surface area contributed by atoms with E-state index < -0.39 is 5.97 Å². The lowest BCUT2D eigenvalue weighted by Gasteiger charge is -2.02. The third-order valence-electron chi connectivity index (χ3n) is 0.862. The highest BCUT2D eigenvalue weighted by molar-refractivity contribution is 5.84. The van der Waals surface area contributed by atoms with Gasteiger partial charge in [-0.05, 0) is 6.92 Å². The molecule has 0 atom stereocenters. The third-order valence-corrected chi connectivity index (χ3v) is 0.862. The van der Waals surface area contributed by atoms with Gasteiger partial charge in [-0.15, -0.1) is 0 Å². The summed E-state index contributed by atoms with van der Waals surface area (Å²) in [6.45, 7) is 6.00. The summed E-state index contributed by atoms with van der Waals surface area (Å²) in [5, 5.41) is 8.92. The molecule has 0 aromatic heterocycles. The molecule has 5 heteroatoms. The van der Waals surface area contributed by atoms with Crippen LogP contribution in [0.25, 0.3) is 0 Å². The van der Waals surface area contributed by atoms with Crippen molar-refractivity contribution in [1.82, 2.24) is 5.01 Å². The first kappa shape index (κ1) is 13.2. The Labute approximate surface area is 71.4 Å². The van der Waals surface area contributed by atoms with Gasteiger partial charge >= 0.3 is 5.97 Å². The Bertz CT molecular complexity index is 175. The molecule has 0 fully saturated rings. The second-order valence-electron chi connectivity index (χ2n) is 2.22. The normalized spacial score (nSPS) is 7.67. The largest absolute Gasteiger partial charge is 0.478 e. The predicted octanol–water partition coefficient (Wildman–Crippen LogP) is -0.0145. The van der Waals surface area contributed by atoms with Crippen molar-refractivity contribution in [3.63, 3.8) is 0 Å². The van der Waals surface area contributed by atoms with E-state index in [1.165, 1.54) is 20.9 Å². The smallest absolute Gasteiger partial charge is 0.330 e. The summed E-state index contributed by atoms with van der Waals surface area (Å²) in [7, 11) is 1.50. The van der Waals surface area contributed by atoms with Gasteiger partial charge in [0.05, 0.1) is 0 Å². The summed E-state index contributed by atoms with van der Waals surface area (Å²) in [6, 6.07) is 0. The SMILES string of the molecule is C=C(C)C(=O)O.CC(=O)N(C)N. The topological polar surface area (TPSA) is 83.6 Å². The van der Waals surface area contributed by atoms with Crippen LogP contribution in [0.2, 0.25) is 0 Å². The molecule has 0 saturated carbocycles. The molecule has 0 aliphatic carbocycles. The Hall–Kier alpha value is -1.36. The third kappa shape index (κ3) is 11.4. The van der Waals surface area contributed by atoms with Gasteiger partial charge in [-0.2, -0.15) is 0 Å². The van der Waals surface area contributed by atoms with Crippen LogP contribution in [0.5, 0.6) is 0 Å². The molecule has 0 spiro atoms. The molecule has 0 saturated heterocycles. The minimum Gasteiger partial charge on any atom is -0.478 e. The maximum atomic E-state index is 9.94. The molecule has 0 rings (SSSR count). The standard InChI is InChI=1S/C4H6O2.C3H8N2O/c1-3(2)4(5)6;1-3(6)5(2)4/h1H2,2H3,(H,5,6);4H2,1-2H3. The Kier molecular flexibility index (Phi) is 7.02. The number of aliphatic carboxylic acids is 1. The minimum absolute atomic E-state index is 0.130. The number of amides is 1. The number of carboxylic acid groups (broad SMARTS) is 1. The van der Waals surface area contributed by atoms with Crippen LogP contribution in [0.1, 0.15) is 13.8 Å². The monoisotopic (exact) mass is 174 g/mol. The van der Waals surface area contributed by atoms with E-state index in [0.717, 1.165) is 5.01 Å². The molecular weight excluding hydrogens is 160 g/mol. The van der Waals surface area contributed by atoms with Crippen LogP contribution >= 0.6 is 0 Å². The maximum absolute atomic E-state index is 9.94. The Balaban J connectivity index is 0.